The topological polar surface area (TPSA) is 66.0 Å². The summed E-state index contributed by atoms with van der Waals surface area (Å²) in [6.07, 6.45) is -2.79. The predicted octanol–water partition coefficient (Wildman–Crippen LogP) is 4.00. The maximum atomic E-state index is 12.6. The lowest BCUT2D eigenvalue weighted by Crippen LogP contribution is -2.07. The fourth-order valence-corrected chi connectivity index (χ4v) is 3.08. The molecule has 0 atom stereocenters. The van der Waals surface area contributed by atoms with Crippen LogP contribution in [0.1, 0.15) is 21.6 Å². The molecule has 1 N–H and O–H groups in total. The first-order chi connectivity index (χ1) is 10.7. The molecule has 1 aromatic carbocycles. The molecular formula is C15H11F3N2O2S. The lowest BCUT2D eigenvalue weighted by Gasteiger charge is -2.08. The number of carboxylic acid groups (broad SMARTS) is 1. The third kappa shape index (κ3) is 2.92. The van der Waals surface area contributed by atoms with E-state index in [1.807, 2.05) is 6.07 Å². The molecule has 0 unspecified atom stereocenters. The molecule has 0 aliphatic heterocycles. The SMILES string of the molecule is CSc1c(C#N)c(-c2ccc(C(F)(F)F)cc2)c(C(=O)O)n1C. The molecule has 4 nitrogen and oxygen atoms in total. The number of carboxylic acids is 1. The van der Waals surface area contributed by atoms with Gasteiger partial charge in [-0.1, -0.05) is 12.1 Å². The van der Waals surface area contributed by atoms with Crippen molar-refractivity contribution in [3.63, 3.8) is 0 Å². The number of halogens is 3. The minimum Gasteiger partial charge on any atom is -0.477 e. The Bertz CT molecular complexity index is 802. The van der Waals surface area contributed by atoms with Gasteiger partial charge in [0.2, 0.25) is 0 Å². The molecule has 0 saturated heterocycles. The molecule has 1 aromatic heterocycles. The highest BCUT2D eigenvalue weighted by Gasteiger charge is 2.31. The lowest BCUT2D eigenvalue weighted by atomic mass is 10.0. The van der Waals surface area contributed by atoms with Gasteiger partial charge in [-0.2, -0.15) is 18.4 Å². The summed E-state index contributed by atoms with van der Waals surface area (Å²) in [5, 5.41) is 19.2. The van der Waals surface area contributed by atoms with Gasteiger partial charge in [-0.3, -0.25) is 0 Å². The van der Waals surface area contributed by atoms with E-state index in [9.17, 15) is 28.3 Å². The van der Waals surface area contributed by atoms with Gasteiger partial charge in [0, 0.05) is 12.6 Å². The van der Waals surface area contributed by atoms with Gasteiger partial charge in [0.05, 0.1) is 16.2 Å². The van der Waals surface area contributed by atoms with Crippen molar-refractivity contribution in [1.82, 2.24) is 4.57 Å². The van der Waals surface area contributed by atoms with Gasteiger partial charge in [0.1, 0.15) is 11.8 Å². The van der Waals surface area contributed by atoms with Crippen LogP contribution in [0.4, 0.5) is 13.2 Å². The van der Waals surface area contributed by atoms with Crippen molar-refractivity contribution in [3.8, 4) is 17.2 Å². The molecule has 0 fully saturated rings. The highest BCUT2D eigenvalue weighted by atomic mass is 32.2. The number of aromatic nitrogens is 1. The quantitative estimate of drug-likeness (QED) is 0.858. The van der Waals surface area contributed by atoms with Crippen LogP contribution in [0.2, 0.25) is 0 Å². The van der Waals surface area contributed by atoms with E-state index in [0.717, 1.165) is 12.1 Å². The van der Waals surface area contributed by atoms with Crippen molar-refractivity contribution in [3.05, 3.63) is 41.1 Å². The Morgan fingerprint density at radius 2 is 1.87 bits per heavy atom. The summed E-state index contributed by atoms with van der Waals surface area (Å²) in [6.45, 7) is 0. The number of thioether (sulfide) groups is 1. The molecule has 23 heavy (non-hydrogen) atoms. The lowest BCUT2D eigenvalue weighted by molar-refractivity contribution is -0.137. The third-order valence-corrected chi connectivity index (χ3v) is 4.21. The Hall–Kier alpha value is -2.40. The van der Waals surface area contributed by atoms with Gasteiger partial charge in [0.15, 0.2) is 0 Å². The average molecular weight is 340 g/mol. The number of nitrogens with zero attached hydrogens (tertiary/aromatic N) is 2. The predicted molar refractivity (Wildman–Crippen MR) is 79.3 cm³/mol. The largest absolute Gasteiger partial charge is 0.477 e. The Kier molecular flexibility index (Phi) is 4.43. The summed E-state index contributed by atoms with van der Waals surface area (Å²) in [7, 11) is 1.50. The minimum absolute atomic E-state index is 0.126. The van der Waals surface area contributed by atoms with Gasteiger partial charge < -0.3 is 9.67 Å². The smallest absolute Gasteiger partial charge is 0.416 e. The van der Waals surface area contributed by atoms with Crippen molar-refractivity contribution in [2.45, 2.75) is 11.2 Å². The van der Waals surface area contributed by atoms with Crippen LogP contribution in [0.3, 0.4) is 0 Å². The second-order valence-electron chi connectivity index (χ2n) is 4.66. The molecule has 120 valence electrons. The number of hydrogen-bond donors (Lipinski definition) is 1. The van der Waals surface area contributed by atoms with Crippen LogP contribution in [0.15, 0.2) is 29.3 Å². The van der Waals surface area contributed by atoms with E-state index in [1.54, 1.807) is 6.26 Å². The van der Waals surface area contributed by atoms with E-state index < -0.39 is 17.7 Å². The Morgan fingerprint density at radius 3 is 2.26 bits per heavy atom. The molecule has 2 aromatic rings. The third-order valence-electron chi connectivity index (χ3n) is 3.35. The number of aromatic carboxylic acids is 1. The first-order valence-corrected chi connectivity index (χ1v) is 7.52. The number of benzene rings is 1. The van der Waals surface area contributed by atoms with Crippen molar-refractivity contribution < 1.29 is 23.1 Å². The molecule has 1 heterocycles. The van der Waals surface area contributed by atoms with Crippen LogP contribution in [0, 0.1) is 11.3 Å². The summed E-state index contributed by atoms with van der Waals surface area (Å²) in [6, 6.07) is 6.04. The van der Waals surface area contributed by atoms with Gasteiger partial charge in [-0.05, 0) is 24.0 Å². The van der Waals surface area contributed by atoms with Crippen LogP contribution in [0.5, 0.6) is 0 Å². The molecule has 2 rings (SSSR count). The van der Waals surface area contributed by atoms with E-state index >= 15 is 0 Å². The van der Waals surface area contributed by atoms with E-state index in [1.165, 1.54) is 35.5 Å². The van der Waals surface area contributed by atoms with Crippen LogP contribution in [-0.4, -0.2) is 21.9 Å². The Morgan fingerprint density at radius 1 is 1.30 bits per heavy atom. The maximum Gasteiger partial charge on any atom is 0.416 e. The molecule has 0 aliphatic rings. The molecular weight excluding hydrogens is 329 g/mol. The normalized spacial score (nSPS) is 11.3. The van der Waals surface area contributed by atoms with E-state index in [2.05, 4.69) is 0 Å². The van der Waals surface area contributed by atoms with Gasteiger partial charge in [-0.25, -0.2) is 4.79 Å². The summed E-state index contributed by atoms with van der Waals surface area (Å²) in [5.41, 5.74) is -0.455. The zero-order valence-electron chi connectivity index (χ0n) is 12.1. The fraction of sp³-hybridized carbons (Fsp3) is 0.200. The first-order valence-electron chi connectivity index (χ1n) is 6.30. The summed E-state index contributed by atoms with van der Waals surface area (Å²) in [5.74, 6) is -1.25. The zero-order valence-corrected chi connectivity index (χ0v) is 12.9. The summed E-state index contributed by atoms with van der Waals surface area (Å²) < 4.78 is 39.3. The van der Waals surface area contributed by atoms with Crippen molar-refractivity contribution in [2.24, 2.45) is 7.05 Å². The Labute approximate surface area is 134 Å². The number of nitriles is 1. The monoisotopic (exact) mass is 340 g/mol. The molecule has 0 aliphatic carbocycles. The average Bonchev–Trinajstić information content (AvgIpc) is 2.78. The van der Waals surface area contributed by atoms with Crippen LogP contribution < -0.4 is 0 Å². The molecule has 0 spiro atoms. The van der Waals surface area contributed by atoms with Gasteiger partial charge >= 0.3 is 12.1 Å². The Balaban J connectivity index is 2.72. The number of rotatable bonds is 3. The second-order valence-corrected chi connectivity index (χ2v) is 5.45. The van der Waals surface area contributed by atoms with E-state index in [-0.39, 0.29) is 22.4 Å². The highest BCUT2D eigenvalue weighted by Crippen LogP contribution is 2.37. The number of carbonyl (C=O) groups is 1. The molecule has 0 bridgehead atoms. The summed E-state index contributed by atoms with van der Waals surface area (Å²) in [4.78, 5) is 11.5. The van der Waals surface area contributed by atoms with Crippen LogP contribution >= 0.6 is 11.8 Å². The molecule has 8 heteroatoms. The maximum absolute atomic E-state index is 12.6. The highest BCUT2D eigenvalue weighted by molar-refractivity contribution is 7.98. The second kappa shape index (κ2) is 6.01. The fourth-order valence-electron chi connectivity index (χ4n) is 2.36. The number of hydrogen-bond acceptors (Lipinski definition) is 3. The molecule has 0 saturated carbocycles. The molecule has 0 radical (unpaired) electrons. The van der Waals surface area contributed by atoms with E-state index in [4.69, 9.17) is 0 Å². The van der Waals surface area contributed by atoms with Gasteiger partial charge in [0.25, 0.3) is 0 Å². The van der Waals surface area contributed by atoms with Crippen molar-refractivity contribution in [2.75, 3.05) is 6.26 Å². The van der Waals surface area contributed by atoms with Crippen molar-refractivity contribution >= 4 is 17.7 Å². The summed E-state index contributed by atoms with van der Waals surface area (Å²) >= 11 is 1.20. The van der Waals surface area contributed by atoms with Crippen LogP contribution in [0.25, 0.3) is 11.1 Å². The first kappa shape index (κ1) is 17.0. The number of alkyl halides is 3. The molecule has 0 amide bonds. The minimum atomic E-state index is -4.48. The van der Waals surface area contributed by atoms with Crippen molar-refractivity contribution in [1.29, 1.82) is 5.26 Å². The van der Waals surface area contributed by atoms with Gasteiger partial charge in [-0.15, -0.1) is 11.8 Å². The zero-order chi connectivity index (χ0) is 17.4. The van der Waals surface area contributed by atoms with E-state index in [0.29, 0.717) is 5.03 Å². The standard InChI is InChI=1S/C15H11F3N2O2S/c1-20-12(14(21)22)11(10(7-19)13(20)23-2)8-3-5-9(6-4-8)15(16,17)18/h3-6H,1-2H3,(H,21,22). The van der Waals surface area contributed by atoms with Crippen LogP contribution in [-0.2, 0) is 13.2 Å².